The van der Waals surface area contributed by atoms with Gasteiger partial charge in [0.1, 0.15) is 0 Å². The van der Waals surface area contributed by atoms with E-state index < -0.39 is 5.92 Å². The molecule has 1 saturated carbocycles. The summed E-state index contributed by atoms with van der Waals surface area (Å²) in [5, 5.41) is 3.26. The average molecular weight is 159 g/mol. The fourth-order valence-electron chi connectivity index (χ4n) is 2.89. The van der Waals surface area contributed by atoms with E-state index in [1.807, 2.05) is 0 Å². The smallest absolute Gasteiger partial charge is 0.256 e. The van der Waals surface area contributed by atoms with Gasteiger partial charge >= 0.3 is 0 Å². The van der Waals surface area contributed by atoms with Crippen LogP contribution in [-0.2, 0) is 0 Å². The van der Waals surface area contributed by atoms with Crippen LogP contribution in [0.2, 0.25) is 0 Å². The Morgan fingerprint density at radius 2 is 2.09 bits per heavy atom. The van der Waals surface area contributed by atoms with Gasteiger partial charge in [0.25, 0.3) is 5.92 Å². The van der Waals surface area contributed by atoms with Gasteiger partial charge in [0, 0.05) is 23.9 Å². The molecule has 0 radical (unpaired) electrons. The minimum Gasteiger partial charge on any atom is -0.311 e. The minimum atomic E-state index is -2.31. The van der Waals surface area contributed by atoms with Crippen molar-refractivity contribution >= 4 is 0 Å². The van der Waals surface area contributed by atoms with Crippen molar-refractivity contribution in [1.29, 1.82) is 0 Å². The summed E-state index contributed by atoms with van der Waals surface area (Å²) >= 11 is 0. The molecule has 4 unspecified atom stereocenters. The second-order valence-corrected chi connectivity index (χ2v) is 4.09. The van der Waals surface area contributed by atoms with E-state index in [2.05, 4.69) is 5.32 Å². The maximum absolute atomic E-state index is 12.9. The summed E-state index contributed by atoms with van der Waals surface area (Å²) in [6.07, 6.45) is 2.81. The molecule has 3 heteroatoms. The van der Waals surface area contributed by atoms with E-state index in [-0.39, 0.29) is 17.9 Å². The normalized spacial score (nSPS) is 57.3. The minimum absolute atomic E-state index is 0.147. The Hall–Kier alpha value is -0.180. The molecule has 0 aromatic rings. The van der Waals surface area contributed by atoms with Crippen LogP contribution in [0, 0.1) is 11.8 Å². The third-order valence-corrected chi connectivity index (χ3v) is 3.51. The molecule has 2 heterocycles. The summed E-state index contributed by atoms with van der Waals surface area (Å²) in [6, 6.07) is 0.559. The Balaban J connectivity index is 1.90. The lowest BCUT2D eigenvalue weighted by atomic mass is 10.1. The molecule has 1 N–H and O–H groups in total. The Kier molecular flexibility index (Phi) is 0.926. The number of piperidine rings is 1. The summed E-state index contributed by atoms with van der Waals surface area (Å²) in [5.74, 6) is -2.88. The first kappa shape index (κ1) is 6.35. The number of alkyl halides is 2. The first-order valence-electron chi connectivity index (χ1n) is 4.33. The Morgan fingerprint density at radius 3 is 2.91 bits per heavy atom. The fourth-order valence-corrected chi connectivity index (χ4v) is 2.89. The van der Waals surface area contributed by atoms with Gasteiger partial charge in [0.2, 0.25) is 0 Å². The van der Waals surface area contributed by atoms with Crippen molar-refractivity contribution in [2.45, 2.75) is 37.3 Å². The molecule has 3 aliphatic rings. The summed E-state index contributed by atoms with van der Waals surface area (Å²) in [4.78, 5) is 0. The highest BCUT2D eigenvalue weighted by atomic mass is 19.3. The highest BCUT2D eigenvalue weighted by molar-refractivity contribution is 5.17. The van der Waals surface area contributed by atoms with Gasteiger partial charge in [-0.3, -0.25) is 0 Å². The van der Waals surface area contributed by atoms with Crippen LogP contribution in [0.1, 0.15) is 19.3 Å². The van der Waals surface area contributed by atoms with Crippen LogP contribution in [-0.4, -0.2) is 18.0 Å². The Bertz CT molecular complexity index is 202. The lowest BCUT2D eigenvalue weighted by Gasteiger charge is -2.17. The lowest BCUT2D eigenvalue weighted by Crippen LogP contribution is -2.35. The topological polar surface area (TPSA) is 12.0 Å². The maximum Gasteiger partial charge on any atom is 0.256 e. The van der Waals surface area contributed by atoms with Crippen LogP contribution in [0.5, 0.6) is 0 Å². The molecule has 0 spiro atoms. The Labute approximate surface area is 64.2 Å². The first-order chi connectivity index (χ1) is 5.19. The third-order valence-electron chi connectivity index (χ3n) is 3.51. The van der Waals surface area contributed by atoms with Crippen LogP contribution in [0.15, 0.2) is 0 Å². The van der Waals surface area contributed by atoms with Crippen LogP contribution in [0.3, 0.4) is 0 Å². The third kappa shape index (κ3) is 0.632. The standard InChI is InChI=1S/C8H11F2N/c9-8(10)5-3-4-1-2-6(11-4)7(5)8/h4-7,11H,1-3H2. The van der Waals surface area contributed by atoms with E-state index in [0.717, 1.165) is 12.8 Å². The van der Waals surface area contributed by atoms with Crippen molar-refractivity contribution in [2.24, 2.45) is 11.8 Å². The van der Waals surface area contributed by atoms with Crippen molar-refractivity contribution in [3.8, 4) is 0 Å². The molecule has 0 amide bonds. The summed E-state index contributed by atoms with van der Waals surface area (Å²) < 4.78 is 25.8. The van der Waals surface area contributed by atoms with Crippen LogP contribution >= 0.6 is 0 Å². The maximum atomic E-state index is 12.9. The SMILES string of the molecule is FC1(F)C2CC3CCC(N3)C21. The van der Waals surface area contributed by atoms with Crippen LogP contribution in [0.4, 0.5) is 8.78 Å². The summed E-state index contributed by atoms with van der Waals surface area (Å²) in [7, 11) is 0. The molecule has 2 saturated heterocycles. The van der Waals surface area contributed by atoms with Gasteiger partial charge in [-0.1, -0.05) is 0 Å². The molecule has 0 aromatic heterocycles. The van der Waals surface area contributed by atoms with Crippen molar-refractivity contribution in [2.75, 3.05) is 0 Å². The second-order valence-electron chi connectivity index (χ2n) is 4.09. The average Bonchev–Trinajstić information content (AvgIpc) is 2.37. The summed E-state index contributed by atoms with van der Waals surface area (Å²) in [6.45, 7) is 0. The van der Waals surface area contributed by atoms with Crippen molar-refractivity contribution < 1.29 is 8.78 Å². The molecule has 2 aliphatic heterocycles. The molecule has 4 atom stereocenters. The molecular formula is C8H11F2N. The molecule has 62 valence electrons. The molecule has 3 fully saturated rings. The van der Waals surface area contributed by atoms with E-state index in [4.69, 9.17) is 0 Å². The second kappa shape index (κ2) is 1.60. The molecule has 3 rings (SSSR count). The van der Waals surface area contributed by atoms with E-state index in [1.54, 1.807) is 0 Å². The zero-order chi connectivity index (χ0) is 7.64. The molecule has 1 aliphatic carbocycles. The molecule has 0 aromatic carbocycles. The largest absolute Gasteiger partial charge is 0.311 e. The number of hydrogen-bond acceptors (Lipinski definition) is 1. The highest BCUT2D eigenvalue weighted by Crippen LogP contribution is 2.63. The van der Waals surface area contributed by atoms with Crippen molar-refractivity contribution in [3.63, 3.8) is 0 Å². The molecule has 1 nitrogen and oxygen atoms in total. The fraction of sp³-hybridized carbons (Fsp3) is 1.00. The van der Waals surface area contributed by atoms with Gasteiger partial charge in [-0.2, -0.15) is 0 Å². The van der Waals surface area contributed by atoms with E-state index in [9.17, 15) is 8.78 Å². The summed E-state index contributed by atoms with van der Waals surface area (Å²) in [5.41, 5.74) is 0. The molecule has 2 bridgehead atoms. The number of nitrogens with one attached hydrogen (secondary N) is 1. The first-order valence-corrected chi connectivity index (χ1v) is 4.33. The number of halogens is 2. The van der Waals surface area contributed by atoms with E-state index in [1.165, 1.54) is 0 Å². The van der Waals surface area contributed by atoms with Gasteiger partial charge in [-0.25, -0.2) is 8.78 Å². The van der Waals surface area contributed by atoms with Gasteiger partial charge < -0.3 is 5.32 Å². The van der Waals surface area contributed by atoms with E-state index in [0.29, 0.717) is 12.5 Å². The Morgan fingerprint density at radius 1 is 1.27 bits per heavy atom. The van der Waals surface area contributed by atoms with Crippen LogP contribution < -0.4 is 5.32 Å². The van der Waals surface area contributed by atoms with Crippen LogP contribution in [0.25, 0.3) is 0 Å². The number of hydrogen-bond donors (Lipinski definition) is 1. The van der Waals surface area contributed by atoms with Gasteiger partial charge in [-0.05, 0) is 19.3 Å². The number of fused-ring (bicyclic) bond motifs is 4. The molecule has 11 heavy (non-hydrogen) atoms. The zero-order valence-corrected chi connectivity index (χ0v) is 6.19. The van der Waals surface area contributed by atoms with Gasteiger partial charge in [0.05, 0.1) is 0 Å². The zero-order valence-electron chi connectivity index (χ0n) is 6.19. The lowest BCUT2D eigenvalue weighted by molar-refractivity contribution is 0.0803. The van der Waals surface area contributed by atoms with Gasteiger partial charge in [-0.15, -0.1) is 0 Å². The predicted octanol–water partition coefficient (Wildman–Crippen LogP) is 1.39. The van der Waals surface area contributed by atoms with Gasteiger partial charge in [0.15, 0.2) is 0 Å². The van der Waals surface area contributed by atoms with Crippen molar-refractivity contribution in [3.05, 3.63) is 0 Å². The predicted molar refractivity (Wildman–Crippen MR) is 36.5 cm³/mol. The van der Waals surface area contributed by atoms with E-state index >= 15 is 0 Å². The monoisotopic (exact) mass is 159 g/mol. The quantitative estimate of drug-likeness (QED) is 0.563. The van der Waals surface area contributed by atoms with Crippen molar-refractivity contribution in [1.82, 2.24) is 5.32 Å². The molecular weight excluding hydrogens is 148 g/mol. The highest BCUT2D eigenvalue weighted by Gasteiger charge is 2.73. The number of rotatable bonds is 0.